The summed E-state index contributed by atoms with van der Waals surface area (Å²) >= 11 is 0. The Bertz CT molecular complexity index is 1280. The van der Waals surface area contributed by atoms with Gasteiger partial charge >= 0.3 is 0 Å². The summed E-state index contributed by atoms with van der Waals surface area (Å²) in [4.78, 5) is 0. The zero-order valence-corrected chi connectivity index (χ0v) is 29.4. The van der Waals surface area contributed by atoms with Crippen molar-refractivity contribution < 1.29 is 68.5 Å². The molecule has 0 radical (unpaired) electrons. The molecule has 5 aliphatic rings. The molecule has 302 valence electrons. The second-order valence-corrected chi connectivity index (χ2v) is 14.6. The molecular weight excluding hydrogens is 702 g/mol. The molecule has 0 bridgehead atoms. The second-order valence-electron chi connectivity index (χ2n) is 14.6. The molecule has 53 heavy (non-hydrogen) atoms. The average Bonchev–Trinajstić information content (AvgIpc) is 3.45. The third kappa shape index (κ3) is 9.04. The standard InChI is InChI=1S/C34H57N5O14/c35-11-17-24(42)25(43)21(38)32(47-17)52-29-18(12-40)48-34(27(29)45)53-31-23(41)15(36)10-16(37)28(31)51-33-22(39)26(44)30-19(49-33)13-46-20(50-30)9-5-4-8-14-6-2-1-3-7-14/h1-3,6-7,15-34,40-45H,4-5,8-13,35-39H2/t15-,16+,17+,18-,19-,20-,21-,22-,23+,24-,25-,26-,27-,28-,29-,30-,31-,32-,33-,34+/m1/s1. The van der Waals surface area contributed by atoms with Crippen molar-refractivity contribution in [2.45, 2.75) is 155 Å². The zero-order valence-electron chi connectivity index (χ0n) is 29.4. The predicted molar refractivity (Wildman–Crippen MR) is 182 cm³/mol. The summed E-state index contributed by atoms with van der Waals surface area (Å²) in [5, 5.41) is 64.5. The predicted octanol–water partition coefficient (Wildman–Crippen LogP) is -5.06. The molecule has 4 heterocycles. The summed E-state index contributed by atoms with van der Waals surface area (Å²) in [6, 6.07) is 6.17. The number of benzene rings is 1. The first-order valence-electron chi connectivity index (χ1n) is 18.4. The van der Waals surface area contributed by atoms with Gasteiger partial charge in [-0.25, -0.2) is 0 Å². The number of aliphatic hydroxyl groups is 6. The molecule has 4 saturated heterocycles. The van der Waals surface area contributed by atoms with Crippen LogP contribution in [0.3, 0.4) is 0 Å². The molecule has 6 rings (SSSR count). The first-order valence-corrected chi connectivity index (χ1v) is 18.4. The fourth-order valence-electron chi connectivity index (χ4n) is 7.69. The smallest absolute Gasteiger partial charge is 0.187 e. The van der Waals surface area contributed by atoms with Gasteiger partial charge in [-0.15, -0.1) is 0 Å². The monoisotopic (exact) mass is 759 g/mol. The lowest BCUT2D eigenvalue weighted by Gasteiger charge is -2.49. The maximum Gasteiger partial charge on any atom is 0.187 e. The van der Waals surface area contributed by atoms with E-state index in [2.05, 4.69) is 12.1 Å². The van der Waals surface area contributed by atoms with Crippen molar-refractivity contribution in [3.8, 4) is 0 Å². The first kappa shape index (κ1) is 41.1. The number of rotatable bonds is 13. The maximum atomic E-state index is 11.3. The zero-order chi connectivity index (χ0) is 38.0. The van der Waals surface area contributed by atoms with Crippen molar-refractivity contribution in [2.24, 2.45) is 28.7 Å². The highest BCUT2D eigenvalue weighted by Crippen LogP contribution is 2.35. The van der Waals surface area contributed by atoms with Crippen LogP contribution in [-0.4, -0.2) is 173 Å². The fourth-order valence-corrected chi connectivity index (χ4v) is 7.69. The highest BCUT2D eigenvalue weighted by molar-refractivity contribution is 5.14. The number of fused-ring (bicyclic) bond motifs is 1. The summed E-state index contributed by atoms with van der Waals surface area (Å²) < 4.78 is 47.8. The van der Waals surface area contributed by atoms with E-state index in [-0.39, 0.29) is 19.6 Å². The Hall–Kier alpha value is -1.54. The van der Waals surface area contributed by atoms with E-state index >= 15 is 0 Å². The van der Waals surface area contributed by atoms with Crippen molar-refractivity contribution in [1.82, 2.24) is 0 Å². The lowest BCUT2D eigenvalue weighted by molar-refractivity contribution is -0.354. The van der Waals surface area contributed by atoms with Crippen LogP contribution in [0.25, 0.3) is 0 Å². The van der Waals surface area contributed by atoms with E-state index in [4.69, 9.17) is 66.6 Å². The maximum absolute atomic E-state index is 11.3. The van der Waals surface area contributed by atoms with Crippen molar-refractivity contribution in [3.05, 3.63) is 35.9 Å². The largest absolute Gasteiger partial charge is 0.394 e. The van der Waals surface area contributed by atoms with Gasteiger partial charge in [-0.05, 0) is 37.7 Å². The Labute approximate surface area is 307 Å². The van der Waals surface area contributed by atoms with Gasteiger partial charge < -0.3 is 97.2 Å². The number of aryl methyl sites for hydroxylation is 1. The molecule has 1 aromatic rings. The number of unbranched alkanes of at least 4 members (excludes halogenated alkanes) is 1. The van der Waals surface area contributed by atoms with Crippen LogP contribution in [0.5, 0.6) is 0 Å². The second kappa shape index (κ2) is 18.2. The molecule has 20 atom stereocenters. The molecule has 1 saturated carbocycles. The first-order chi connectivity index (χ1) is 25.4. The summed E-state index contributed by atoms with van der Waals surface area (Å²) in [6.07, 6.45) is -15.6. The normalized spacial score (nSPS) is 47.7. The van der Waals surface area contributed by atoms with Crippen molar-refractivity contribution in [2.75, 3.05) is 19.8 Å². The van der Waals surface area contributed by atoms with E-state index in [0.717, 1.165) is 19.3 Å². The van der Waals surface area contributed by atoms with E-state index < -0.39 is 129 Å². The SMILES string of the molecule is NC[C@@H]1O[C@H](O[C@H]2[C@@H](O)[C@H](O[C@@H]3[C@@H](O)[C@H](N)C[C@H](N)[C@H]3O[C@H]3O[C@@H]4CO[C@@H](CCCCc5ccccc5)O[C@H]4[C@H](O)[C@H]3N)O[C@@H]2CO)[C@H](N)[C@@H](O)[C@@H]1O. The van der Waals surface area contributed by atoms with Gasteiger partial charge in [-0.1, -0.05) is 30.3 Å². The third-order valence-electron chi connectivity index (χ3n) is 10.9. The highest BCUT2D eigenvalue weighted by atomic mass is 16.8. The van der Waals surface area contributed by atoms with Crippen LogP contribution in [0, 0.1) is 0 Å². The highest BCUT2D eigenvalue weighted by Gasteiger charge is 2.55. The molecule has 1 aromatic carbocycles. The molecule has 5 fully saturated rings. The minimum absolute atomic E-state index is 0.115. The number of hydrogen-bond acceptors (Lipinski definition) is 19. The van der Waals surface area contributed by atoms with Crippen LogP contribution in [0.15, 0.2) is 30.3 Å². The topological polar surface area (TPSA) is 325 Å². The lowest BCUT2D eigenvalue weighted by Crippen LogP contribution is -2.69. The summed E-state index contributed by atoms with van der Waals surface area (Å²) in [5.41, 5.74) is 32.1. The van der Waals surface area contributed by atoms with E-state index in [0.29, 0.717) is 6.42 Å². The van der Waals surface area contributed by atoms with E-state index in [1.807, 2.05) is 18.2 Å². The van der Waals surface area contributed by atoms with Crippen LogP contribution < -0.4 is 28.7 Å². The van der Waals surface area contributed by atoms with Gasteiger partial charge in [0.1, 0.15) is 67.1 Å². The molecule has 0 spiro atoms. The lowest BCUT2D eigenvalue weighted by atomic mass is 9.84. The summed E-state index contributed by atoms with van der Waals surface area (Å²) in [6.45, 7) is -0.677. The number of aliphatic hydroxyl groups excluding tert-OH is 6. The summed E-state index contributed by atoms with van der Waals surface area (Å²) in [5.74, 6) is 0. The van der Waals surface area contributed by atoms with Crippen molar-refractivity contribution in [1.29, 1.82) is 0 Å². The Morgan fingerprint density at radius 1 is 0.660 bits per heavy atom. The third-order valence-corrected chi connectivity index (χ3v) is 10.9. The van der Waals surface area contributed by atoms with Gasteiger partial charge in [0.25, 0.3) is 0 Å². The number of hydrogen-bond donors (Lipinski definition) is 11. The molecule has 16 N–H and O–H groups in total. The van der Waals surface area contributed by atoms with E-state index in [1.165, 1.54) is 5.56 Å². The molecule has 4 aliphatic heterocycles. The van der Waals surface area contributed by atoms with E-state index in [1.54, 1.807) is 0 Å². The quantitative estimate of drug-likeness (QED) is 0.0838. The molecule has 1 aliphatic carbocycles. The van der Waals surface area contributed by atoms with Crippen LogP contribution in [0.2, 0.25) is 0 Å². The number of ether oxygens (including phenoxy) is 8. The van der Waals surface area contributed by atoms with Gasteiger partial charge in [0.05, 0.1) is 31.4 Å². The van der Waals surface area contributed by atoms with Gasteiger partial charge in [-0.3, -0.25) is 0 Å². The molecular formula is C34H57N5O14. The van der Waals surface area contributed by atoms with Gasteiger partial charge in [0, 0.05) is 18.6 Å². The van der Waals surface area contributed by atoms with Crippen LogP contribution in [-0.2, 0) is 44.3 Å². The Kier molecular flexibility index (Phi) is 14.1. The molecule has 0 amide bonds. The van der Waals surface area contributed by atoms with Gasteiger partial charge in [0.15, 0.2) is 25.2 Å². The van der Waals surface area contributed by atoms with Gasteiger partial charge in [-0.2, -0.15) is 0 Å². The minimum atomic E-state index is -1.59. The Morgan fingerprint density at radius 3 is 2.04 bits per heavy atom. The van der Waals surface area contributed by atoms with Gasteiger partial charge in [0.2, 0.25) is 0 Å². The molecule has 19 heteroatoms. The van der Waals surface area contributed by atoms with Crippen LogP contribution in [0.1, 0.15) is 31.2 Å². The van der Waals surface area contributed by atoms with Crippen LogP contribution in [0.4, 0.5) is 0 Å². The summed E-state index contributed by atoms with van der Waals surface area (Å²) in [7, 11) is 0. The molecule has 19 nitrogen and oxygen atoms in total. The Morgan fingerprint density at radius 2 is 1.32 bits per heavy atom. The minimum Gasteiger partial charge on any atom is -0.394 e. The van der Waals surface area contributed by atoms with Crippen LogP contribution >= 0.6 is 0 Å². The van der Waals surface area contributed by atoms with Crippen molar-refractivity contribution in [3.63, 3.8) is 0 Å². The van der Waals surface area contributed by atoms with E-state index in [9.17, 15) is 30.6 Å². The molecule has 0 unspecified atom stereocenters. The van der Waals surface area contributed by atoms with Crippen molar-refractivity contribution >= 4 is 0 Å². The fraction of sp³-hybridized carbons (Fsp3) is 0.824. The average molecular weight is 760 g/mol. The Balaban J connectivity index is 1.07. The molecule has 0 aromatic heterocycles. The number of nitrogens with two attached hydrogens (primary N) is 5.